The number of aromatic nitrogens is 1. The van der Waals surface area contributed by atoms with Gasteiger partial charge in [0.1, 0.15) is 0 Å². The molecule has 1 aromatic heterocycles. The van der Waals surface area contributed by atoms with Crippen molar-refractivity contribution in [1.82, 2.24) is 4.98 Å². The first-order valence-electron chi connectivity index (χ1n) is 7.36. The summed E-state index contributed by atoms with van der Waals surface area (Å²) in [6, 6.07) is 3.99. The molecule has 0 bridgehead atoms. The summed E-state index contributed by atoms with van der Waals surface area (Å²) in [4.78, 5) is 8.84. The van der Waals surface area contributed by atoms with E-state index in [2.05, 4.69) is 34.3 Å². The Morgan fingerprint density at radius 1 is 1.05 bits per heavy atom. The molecule has 0 amide bonds. The zero-order chi connectivity index (χ0) is 15.4. The summed E-state index contributed by atoms with van der Waals surface area (Å²) in [6.45, 7) is 12.0. The maximum atomic E-state index is 4.45. The van der Waals surface area contributed by atoms with E-state index in [1.807, 2.05) is 53.7 Å². The fraction of sp³-hybridized carbons (Fsp3) is 0.333. The van der Waals surface area contributed by atoms with Crippen LogP contribution < -0.4 is 0 Å². The average Bonchev–Trinajstić information content (AvgIpc) is 2.56. The second kappa shape index (κ2) is 10.9. The fourth-order valence-electron chi connectivity index (χ4n) is 1.66. The summed E-state index contributed by atoms with van der Waals surface area (Å²) in [5.41, 5.74) is 4.13. The Kier molecular flexibility index (Phi) is 9.85. The van der Waals surface area contributed by atoms with Crippen molar-refractivity contribution in [1.29, 1.82) is 0 Å². The van der Waals surface area contributed by atoms with Gasteiger partial charge in [-0.3, -0.25) is 9.98 Å². The molecule has 1 aliphatic rings. The quantitative estimate of drug-likeness (QED) is 0.668. The Hall–Kier alpha value is -1.96. The van der Waals surface area contributed by atoms with E-state index in [1.54, 1.807) is 12.4 Å². The van der Waals surface area contributed by atoms with Crippen LogP contribution in [0.15, 0.2) is 53.3 Å². The van der Waals surface area contributed by atoms with Gasteiger partial charge >= 0.3 is 0 Å². The molecule has 0 N–H and O–H groups in total. The number of nitrogens with zero attached hydrogens (tertiary/aromatic N) is 2. The molecular formula is C18H26N2. The van der Waals surface area contributed by atoms with Gasteiger partial charge in [-0.25, -0.2) is 0 Å². The van der Waals surface area contributed by atoms with E-state index in [0.717, 1.165) is 22.5 Å². The molecular weight excluding hydrogens is 244 g/mol. The van der Waals surface area contributed by atoms with Gasteiger partial charge in [0.15, 0.2) is 0 Å². The summed E-state index contributed by atoms with van der Waals surface area (Å²) in [6.07, 6.45) is 11.7. The highest BCUT2D eigenvalue weighted by Gasteiger charge is 2.15. The maximum absolute atomic E-state index is 4.45. The highest BCUT2D eigenvalue weighted by molar-refractivity contribution is 6.17. The number of aliphatic imine (C=N–C) groups is 1. The van der Waals surface area contributed by atoms with Crippen molar-refractivity contribution < 1.29 is 0 Å². The zero-order valence-corrected chi connectivity index (χ0v) is 13.5. The third-order valence-electron chi connectivity index (χ3n) is 2.44. The van der Waals surface area contributed by atoms with Crippen LogP contribution in [0.5, 0.6) is 0 Å². The minimum absolute atomic E-state index is 0.943. The van der Waals surface area contributed by atoms with E-state index in [1.165, 1.54) is 0 Å². The standard InChI is InChI=1S/C14H14N2.2C2H6/c1-3-9-15-13-11(4-2)7-8-12-6-5-10-16-14(12)13;2*1-2/h3-10H,1-2H3;2*1-2H3/b9-3-,11-4-,15-13+;;. The Bertz CT molecular complexity index is 506. The molecule has 0 atom stereocenters. The van der Waals surface area contributed by atoms with Crippen LogP contribution >= 0.6 is 0 Å². The first-order chi connectivity index (χ1) is 9.86. The van der Waals surface area contributed by atoms with Gasteiger partial charge in [-0.05, 0) is 25.5 Å². The Morgan fingerprint density at radius 2 is 1.75 bits per heavy atom. The predicted octanol–water partition coefficient (Wildman–Crippen LogP) is 5.43. The molecule has 0 saturated carbocycles. The van der Waals surface area contributed by atoms with Crippen molar-refractivity contribution in [3.05, 3.63) is 59.6 Å². The van der Waals surface area contributed by atoms with Gasteiger partial charge in [0.05, 0.1) is 11.4 Å². The molecule has 2 heteroatoms. The topological polar surface area (TPSA) is 25.2 Å². The smallest absolute Gasteiger partial charge is 0.0964 e. The number of hydrogen-bond donors (Lipinski definition) is 0. The van der Waals surface area contributed by atoms with Crippen molar-refractivity contribution >= 4 is 11.8 Å². The summed E-state index contributed by atoms with van der Waals surface area (Å²) < 4.78 is 0. The molecule has 0 saturated heterocycles. The van der Waals surface area contributed by atoms with Crippen LogP contribution in [-0.4, -0.2) is 10.7 Å². The van der Waals surface area contributed by atoms with E-state index < -0.39 is 0 Å². The Morgan fingerprint density at radius 3 is 2.35 bits per heavy atom. The molecule has 0 unspecified atom stereocenters. The molecule has 0 radical (unpaired) electrons. The Labute approximate surface area is 123 Å². The SMILES string of the molecule is CC.CC.C\C=C/N=C1\C(=C/C)C=Cc2cccnc21. The number of rotatable bonds is 1. The molecule has 20 heavy (non-hydrogen) atoms. The lowest BCUT2D eigenvalue weighted by molar-refractivity contribution is 1.26. The molecule has 1 heterocycles. The van der Waals surface area contributed by atoms with E-state index in [4.69, 9.17) is 0 Å². The van der Waals surface area contributed by atoms with E-state index in [9.17, 15) is 0 Å². The third-order valence-corrected chi connectivity index (χ3v) is 2.44. The molecule has 2 rings (SSSR count). The Balaban J connectivity index is 0.000000829. The summed E-state index contributed by atoms with van der Waals surface area (Å²) >= 11 is 0. The van der Waals surface area contributed by atoms with E-state index in [-0.39, 0.29) is 0 Å². The van der Waals surface area contributed by atoms with Crippen LogP contribution in [0.3, 0.4) is 0 Å². The summed E-state index contributed by atoms with van der Waals surface area (Å²) in [5.74, 6) is 0. The molecule has 0 aromatic carbocycles. The summed E-state index contributed by atoms with van der Waals surface area (Å²) in [5, 5.41) is 0. The van der Waals surface area contributed by atoms with Crippen LogP contribution in [0.2, 0.25) is 0 Å². The van der Waals surface area contributed by atoms with Crippen molar-refractivity contribution in [3.63, 3.8) is 0 Å². The second-order valence-electron chi connectivity index (χ2n) is 3.48. The van der Waals surface area contributed by atoms with Crippen LogP contribution in [0, 0.1) is 0 Å². The van der Waals surface area contributed by atoms with Crippen molar-refractivity contribution in [3.8, 4) is 0 Å². The van der Waals surface area contributed by atoms with Gasteiger partial charge in [0, 0.05) is 18.0 Å². The monoisotopic (exact) mass is 270 g/mol. The van der Waals surface area contributed by atoms with Crippen LogP contribution in [0.4, 0.5) is 0 Å². The normalized spacial score (nSPS) is 16.3. The lowest BCUT2D eigenvalue weighted by atomic mass is 9.96. The van der Waals surface area contributed by atoms with Crippen molar-refractivity contribution in [2.24, 2.45) is 4.99 Å². The molecule has 0 spiro atoms. The molecule has 108 valence electrons. The highest BCUT2D eigenvalue weighted by Crippen LogP contribution is 2.21. The number of fused-ring (bicyclic) bond motifs is 1. The minimum atomic E-state index is 0.943. The minimum Gasteiger partial charge on any atom is -0.254 e. The van der Waals surface area contributed by atoms with Crippen LogP contribution in [0.1, 0.15) is 52.8 Å². The van der Waals surface area contributed by atoms with Gasteiger partial charge < -0.3 is 0 Å². The number of pyridine rings is 1. The molecule has 0 aliphatic heterocycles. The predicted molar refractivity (Wildman–Crippen MR) is 91.1 cm³/mol. The fourth-order valence-corrected chi connectivity index (χ4v) is 1.66. The summed E-state index contributed by atoms with van der Waals surface area (Å²) in [7, 11) is 0. The zero-order valence-electron chi connectivity index (χ0n) is 13.5. The molecule has 2 nitrogen and oxygen atoms in total. The van der Waals surface area contributed by atoms with Gasteiger partial charge in [-0.15, -0.1) is 0 Å². The van der Waals surface area contributed by atoms with Gasteiger partial charge in [0.25, 0.3) is 0 Å². The van der Waals surface area contributed by atoms with Crippen LogP contribution in [-0.2, 0) is 0 Å². The van der Waals surface area contributed by atoms with E-state index >= 15 is 0 Å². The lowest BCUT2D eigenvalue weighted by Gasteiger charge is -2.13. The van der Waals surface area contributed by atoms with Crippen LogP contribution in [0.25, 0.3) is 6.08 Å². The van der Waals surface area contributed by atoms with Gasteiger partial charge in [-0.2, -0.15) is 0 Å². The maximum Gasteiger partial charge on any atom is 0.0964 e. The first-order valence-corrected chi connectivity index (χ1v) is 7.36. The molecule has 0 fully saturated rings. The number of hydrogen-bond acceptors (Lipinski definition) is 2. The van der Waals surface area contributed by atoms with Gasteiger partial charge in [0.2, 0.25) is 0 Å². The van der Waals surface area contributed by atoms with Crippen molar-refractivity contribution in [2.75, 3.05) is 0 Å². The first kappa shape index (κ1) is 18.0. The van der Waals surface area contributed by atoms with E-state index in [0.29, 0.717) is 0 Å². The average molecular weight is 270 g/mol. The molecule has 1 aromatic rings. The van der Waals surface area contributed by atoms with Gasteiger partial charge in [-0.1, -0.05) is 58.1 Å². The largest absolute Gasteiger partial charge is 0.254 e. The number of allylic oxidation sites excluding steroid dienone is 4. The van der Waals surface area contributed by atoms with Crippen molar-refractivity contribution in [2.45, 2.75) is 41.5 Å². The highest BCUT2D eigenvalue weighted by atomic mass is 14.8. The lowest BCUT2D eigenvalue weighted by Crippen LogP contribution is -2.11. The second-order valence-corrected chi connectivity index (χ2v) is 3.48. The molecule has 1 aliphatic carbocycles. The third kappa shape index (κ3) is 4.61.